The average Bonchev–Trinajstić information content (AvgIpc) is 2.58. The summed E-state index contributed by atoms with van der Waals surface area (Å²) in [6.07, 6.45) is 0. The Hall–Kier alpha value is -0.190. The fourth-order valence-electron chi connectivity index (χ4n) is 1.45. The van der Waals surface area contributed by atoms with Crippen LogP contribution in [0.1, 0.15) is 6.92 Å². The van der Waals surface area contributed by atoms with Crippen molar-refractivity contribution in [1.29, 1.82) is 0 Å². The molecule has 0 amide bonds. The highest BCUT2D eigenvalue weighted by Gasteiger charge is 2.25. The molecule has 1 N–H and O–H groups in total. The van der Waals surface area contributed by atoms with Gasteiger partial charge in [-0.15, -0.1) is 0 Å². The molecule has 0 aromatic heterocycles. The maximum atomic E-state index is 5.92. The van der Waals surface area contributed by atoms with Crippen LogP contribution < -0.4 is 5.32 Å². The third-order valence-electron chi connectivity index (χ3n) is 2.35. The molecule has 0 fully saturated rings. The molecular formula is C11H12BrClN2S. The van der Waals surface area contributed by atoms with E-state index in [0.29, 0.717) is 11.3 Å². The number of halogens is 2. The molecule has 1 aromatic carbocycles. The number of nitrogens with zero attached hydrogens (tertiary/aromatic N) is 1. The van der Waals surface area contributed by atoms with Gasteiger partial charge in [-0.3, -0.25) is 4.99 Å². The van der Waals surface area contributed by atoms with E-state index in [1.807, 2.05) is 24.3 Å². The smallest absolute Gasteiger partial charge is 0.161 e. The Morgan fingerprint density at radius 2 is 2.38 bits per heavy atom. The summed E-state index contributed by atoms with van der Waals surface area (Å²) in [5.74, 6) is 0. The number of nitrogens with one attached hydrogen (secondary N) is 1. The molecule has 86 valence electrons. The minimum atomic E-state index is 0.353. The van der Waals surface area contributed by atoms with Gasteiger partial charge in [0.2, 0.25) is 0 Å². The Morgan fingerprint density at radius 3 is 3.00 bits per heavy atom. The maximum absolute atomic E-state index is 5.92. The second-order valence-corrected chi connectivity index (χ2v) is 5.93. The molecule has 0 aliphatic carbocycles. The molecular weight excluding hydrogens is 308 g/mol. The summed E-state index contributed by atoms with van der Waals surface area (Å²) in [6.45, 7) is 2.13. The van der Waals surface area contributed by atoms with Crippen LogP contribution in [0.25, 0.3) is 0 Å². The van der Waals surface area contributed by atoms with Crippen LogP contribution in [0.5, 0.6) is 0 Å². The van der Waals surface area contributed by atoms with E-state index >= 15 is 0 Å². The van der Waals surface area contributed by atoms with Gasteiger partial charge in [0.1, 0.15) is 0 Å². The van der Waals surface area contributed by atoms with Crippen LogP contribution in [0.15, 0.2) is 29.3 Å². The van der Waals surface area contributed by atoms with Crippen molar-refractivity contribution in [1.82, 2.24) is 0 Å². The van der Waals surface area contributed by atoms with Crippen molar-refractivity contribution >= 4 is 50.1 Å². The highest BCUT2D eigenvalue weighted by atomic mass is 79.9. The van der Waals surface area contributed by atoms with E-state index < -0.39 is 0 Å². The Kier molecular flexibility index (Phi) is 4.16. The standard InChI is InChI=1S/C11H12BrClN2S/c1-7-10(6-12)16-11(14-7)15-9-4-2-3-8(13)5-9/h2-5,7,10H,6H2,1H3,(H,14,15). The van der Waals surface area contributed by atoms with Crippen LogP contribution in [0, 0.1) is 0 Å². The van der Waals surface area contributed by atoms with Crippen molar-refractivity contribution in [3.63, 3.8) is 0 Å². The van der Waals surface area contributed by atoms with Gasteiger partial charge < -0.3 is 5.32 Å². The van der Waals surface area contributed by atoms with Gasteiger partial charge in [0.25, 0.3) is 0 Å². The van der Waals surface area contributed by atoms with E-state index in [2.05, 4.69) is 33.2 Å². The zero-order valence-electron chi connectivity index (χ0n) is 8.78. The molecule has 1 heterocycles. The predicted molar refractivity (Wildman–Crippen MR) is 77.1 cm³/mol. The molecule has 1 aliphatic heterocycles. The molecule has 0 saturated carbocycles. The van der Waals surface area contributed by atoms with E-state index in [4.69, 9.17) is 11.6 Å². The molecule has 0 bridgehead atoms. The summed E-state index contributed by atoms with van der Waals surface area (Å²) in [6, 6.07) is 8.03. The van der Waals surface area contributed by atoms with Crippen LogP contribution >= 0.6 is 39.3 Å². The highest BCUT2D eigenvalue weighted by Crippen LogP contribution is 2.29. The van der Waals surface area contributed by atoms with Crippen molar-refractivity contribution in [2.45, 2.75) is 18.2 Å². The molecule has 16 heavy (non-hydrogen) atoms. The molecule has 2 rings (SSSR count). The summed E-state index contributed by atoms with van der Waals surface area (Å²) in [5.41, 5.74) is 0.987. The van der Waals surface area contributed by atoms with E-state index in [-0.39, 0.29) is 0 Å². The van der Waals surface area contributed by atoms with E-state index in [1.54, 1.807) is 11.8 Å². The number of hydrogen-bond acceptors (Lipinski definition) is 3. The van der Waals surface area contributed by atoms with Gasteiger partial charge >= 0.3 is 0 Å². The Labute approximate surface area is 113 Å². The Balaban J connectivity index is 2.04. The number of amidine groups is 1. The van der Waals surface area contributed by atoms with Crippen molar-refractivity contribution < 1.29 is 0 Å². The number of anilines is 1. The fraction of sp³-hybridized carbons (Fsp3) is 0.364. The maximum Gasteiger partial charge on any atom is 0.161 e. The van der Waals surface area contributed by atoms with Gasteiger partial charge in [0.05, 0.1) is 6.04 Å². The minimum Gasteiger partial charge on any atom is -0.335 e. The second kappa shape index (κ2) is 5.43. The minimum absolute atomic E-state index is 0.353. The lowest BCUT2D eigenvalue weighted by Gasteiger charge is -2.08. The first-order valence-corrected chi connectivity index (χ1v) is 7.40. The van der Waals surface area contributed by atoms with Gasteiger partial charge in [-0.25, -0.2) is 0 Å². The summed E-state index contributed by atoms with van der Waals surface area (Å²) < 4.78 is 0. The second-order valence-electron chi connectivity index (χ2n) is 3.62. The van der Waals surface area contributed by atoms with Gasteiger partial charge in [0, 0.05) is 21.3 Å². The largest absolute Gasteiger partial charge is 0.335 e. The van der Waals surface area contributed by atoms with Crippen LogP contribution in [0.4, 0.5) is 5.69 Å². The quantitative estimate of drug-likeness (QED) is 0.833. The number of benzene rings is 1. The summed E-state index contributed by atoms with van der Waals surface area (Å²) in [7, 11) is 0. The molecule has 5 heteroatoms. The lowest BCUT2D eigenvalue weighted by Crippen LogP contribution is -2.14. The van der Waals surface area contributed by atoms with Crippen LogP contribution in [0.3, 0.4) is 0 Å². The monoisotopic (exact) mass is 318 g/mol. The number of alkyl halides is 1. The molecule has 0 radical (unpaired) electrons. The van der Waals surface area contributed by atoms with E-state index in [1.165, 1.54) is 0 Å². The van der Waals surface area contributed by atoms with Gasteiger partial charge in [-0.1, -0.05) is 45.4 Å². The number of thioether (sulfide) groups is 1. The zero-order valence-corrected chi connectivity index (χ0v) is 11.9. The third kappa shape index (κ3) is 2.93. The van der Waals surface area contributed by atoms with Gasteiger partial charge in [-0.2, -0.15) is 0 Å². The lowest BCUT2D eigenvalue weighted by molar-refractivity contribution is 0.758. The Bertz CT molecular complexity index is 411. The molecule has 2 atom stereocenters. The molecule has 2 nitrogen and oxygen atoms in total. The fourth-order valence-corrected chi connectivity index (χ4v) is 3.59. The number of aliphatic imine (C=N–C) groups is 1. The van der Waals surface area contributed by atoms with Gasteiger partial charge in [0.15, 0.2) is 5.17 Å². The molecule has 1 aromatic rings. The first-order valence-electron chi connectivity index (χ1n) is 5.02. The van der Waals surface area contributed by atoms with Gasteiger partial charge in [-0.05, 0) is 25.1 Å². The highest BCUT2D eigenvalue weighted by molar-refractivity contribution is 9.09. The summed E-state index contributed by atoms with van der Waals surface area (Å²) >= 11 is 11.2. The van der Waals surface area contributed by atoms with Crippen molar-refractivity contribution in [2.24, 2.45) is 4.99 Å². The Morgan fingerprint density at radius 1 is 1.56 bits per heavy atom. The van der Waals surface area contributed by atoms with Crippen LogP contribution in [0.2, 0.25) is 5.02 Å². The first kappa shape index (κ1) is 12.3. The summed E-state index contributed by atoms with van der Waals surface area (Å²) in [5, 5.41) is 6.47. The van der Waals surface area contributed by atoms with E-state index in [0.717, 1.165) is 21.2 Å². The molecule has 0 spiro atoms. The molecule has 1 aliphatic rings. The zero-order chi connectivity index (χ0) is 11.5. The topological polar surface area (TPSA) is 24.4 Å². The SMILES string of the molecule is CC1N=C(Nc2cccc(Cl)c2)SC1CBr. The normalized spacial score (nSPS) is 24.3. The third-order valence-corrected chi connectivity index (χ3v) is 5.01. The summed E-state index contributed by atoms with van der Waals surface area (Å²) in [4.78, 5) is 4.56. The molecule has 0 saturated heterocycles. The lowest BCUT2D eigenvalue weighted by atomic mass is 10.3. The van der Waals surface area contributed by atoms with Crippen LogP contribution in [-0.2, 0) is 0 Å². The van der Waals surface area contributed by atoms with E-state index in [9.17, 15) is 0 Å². The van der Waals surface area contributed by atoms with Crippen molar-refractivity contribution in [3.05, 3.63) is 29.3 Å². The number of hydrogen-bond donors (Lipinski definition) is 1. The predicted octanol–water partition coefficient (Wildman–Crippen LogP) is 4.01. The average molecular weight is 320 g/mol. The van der Waals surface area contributed by atoms with Crippen molar-refractivity contribution in [2.75, 3.05) is 10.6 Å². The number of rotatable bonds is 2. The van der Waals surface area contributed by atoms with Crippen molar-refractivity contribution in [3.8, 4) is 0 Å². The van der Waals surface area contributed by atoms with Crippen LogP contribution in [-0.4, -0.2) is 21.8 Å². The first-order chi connectivity index (χ1) is 7.69. The molecule has 2 unspecified atom stereocenters.